The molecule has 16 heavy (non-hydrogen) atoms. The molecule has 0 unspecified atom stereocenters. The van der Waals surface area contributed by atoms with Crippen molar-refractivity contribution in [3.63, 3.8) is 0 Å². The molecule has 0 radical (unpaired) electrons. The monoisotopic (exact) mass is 217 g/mol. The fraction of sp³-hybridized carbons (Fsp3) is 0.273. The third-order valence-electron chi connectivity index (χ3n) is 2.45. The molecule has 0 spiro atoms. The summed E-state index contributed by atoms with van der Waals surface area (Å²) in [6, 6.07) is 7.30. The largest absolute Gasteiger partial charge is 0.336 e. The minimum absolute atomic E-state index is 0.109. The van der Waals surface area contributed by atoms with E-state index in [-0.39, 0.29) is 12.6 Å². The number of isocyanates is 1. The normalized spacial score (nSPS) is 14.5. The number of rotatable bonds is 3. The van der Waals surface area contributed by atoms with Crippen LogP contribution in [0.3, 0.4) is 0 Å². The second kappa shape index (κ2) is 4.59. The predicted octanol–water partition coefficient (Wildman–Crippen LogP) is 1.05. The van der Waals surface area contributed by atoms with E-state index in [0.717, 1.165) is 11.3 Å². The predicted molar refractivity (Wildman–Crippen MR) is 59.0 cm³/mol. The summed E-state index contributed by atoms with van der Waals surface area (Å²) in [5.74, 6) is 0. The van der Waals surface area contributed by atoms with E-state index in [9.17, 15) is 9.59 Å². The molecule has 2 amide bonds. The number of amides is 2. The fourth-order valence-electron chi connectivity index (χ4n) is 1.73. The molecule has 1 heterocycles. The third-order valence-corrected chi connectivity index (χ3v) is 2.45. The quantitative estimate of drug-likeness (QED) is 0.607. The van der Waals surface area contributed by atoms with Gasteiger partial charge in [0.25, 0.3) is 0 Å². The molecule has 1 saturated heterocycles. The number of nitrogens with zero attached hydrogens (tertiary/aromatic N) is 2. The van der Waals surface area contributed by atoms with Gasteiger partial charge in [-0.15, -0.1) is 0 Å². The summed E-state index contributed by atoms with van der Waals surface area (Å²) in [7, 11) is 0. The van der Waals surface area contributed by atoms with Crippen LogP contribution in [-0.2, 0) is 11.3 Å². The molecule has 0 aromatic heterocycles. The van der Waals surface area contributed by atoms with Crippen molar-refractivity contribution < 1.29 is 9.59 Å². The minimum atomic E-state index is -0.109. The Hall–Kier alpha value is -2.13. The molecule has 0 atom stereocenters. The molecule has 1 aliphatic heterocycles. The van der Waals surface area contributed by atoms with E-state index < -0.39 is 0 Å². The number of aliphatic imine (C=N–C) groups is 1. The first kappa shape index (κ1) is 10.4. The first-order valence-corrected chi connectivity index (χ1v) is 5.00. The van der Waals surface area contributed by atoms with Crippen LogP contribution in [0.2, 0.25) is 0 Å². The lowest BCUT2D eigenvalue weighted by Gasteiger charge is -2.17. The number of anilines is 1. The van der Waals surface area contributed by atoms with Gasteiger partial charge >= 0.3 is 6.03 Å². The Bertz CT molecular complexity index is 452. The fourth-order valence-corrected chi connectivity index (χ4v) is 1.73. The number of para-hydroxylation sites is 1. The lowest BCUT2D eigenvalue weighted by atomic mass is 10.1. The van der Waals surface area contributed by atoms with Crippen LogP contribution < -0.4 is 10.2 Å². The highest BCUT2D eigenvalue weighted by molar-refractivity contribution is 5.94. The second-order valence-corrected chi connectivity index (χ2v) is 3.42. The Kier molecular flexibility index (Phi) is 2.98. The van der Waals surface area contributed by atoms with E-state index in [1.165, 1.54) is 6.08 Å². The van der Waals surface area contributed by atoms with Crippen molar-refractivity contribution in [2.45, 2.75) is 6.54 Å². The molecular formula is C11H11N3O2. The van der Waals surface area contributed by atoms with Crippen molar-refractivity contribution in [1.82, 2.24) is 5.32 Å². The van der Waals surface area contributed by atoms with Crippen LogP contribution in [0.4, 0.5) is 10.5 Å². The average Bonchev–Trinajstić information content (AvgIpc) is 2.73. The first-order valence-electron chi connectivity index (χ1n) is 5.00. The number of urea groups is 1. The summed E-state index contributed by atoms with van der Waals surface area (Å²) in [6.45, 7) is 1.54. The Morgan fingerprint density at radius 1 is 1.44 bits per heavy atom. The van der Waals surface area contributed by atoms with Gasteiger partial charge in [0.15, 0.2) is 0 Å². The lowest BCUT2D eigenvalue weighted by Crippen LogP contribution is -2.28. The van der Waals surface area contributed by atoms with Gasteiger partial charge in [-0.2, -0.15) is 0 Å². The summed E-state index contributed by atoms with van der Waals surface area (Å²) >= 11 is 0. The topological polar surface area (TPSA) is 61.8 Å². The number of hydrogen-bond donors (Lipinski definition) is 1. The number of hydrogen-bond acceptors (Lipinski definition) is 3. The SMILES string of the molecule is O=C=NCc1ccccc1N1CCNC1=O. The van der Waals surface area contributed by atoms with E-state index in [4.69, 9.17) is 0 Å². The van der Waals surface area contributed by atoms with Crippen LogP contribution in [0.1, 0.15) is 5.56 Å². The standard InChI is InChI=1S/C11H11N3O2/c15-8-12-7-9-3-1-2-4-10(9)14-6-5-13-11(14)16/h1-4H,5-7H2,(H,13,16). The molecular weight excluding hydrogens is 206 g/mol. The maximum absolute atomic E-state index is 11.5. The Balaban J connectivity index is 2.31. The van der Waals surface area contributed by atoms with Crippen molar-refractivity contribution in [2.75, 3.05) is 18.0 Å². The van der Waals surface area contributed by atoms with E-state index in [1.807, 2.05) is 24.3 Å². The minimum Gasteiger partial charge on any atom is -0.336 e. The molecule has 5 heteroatoms. The molecule has 1 fully saturated rings. The smallest absolute Gasteiger partial charge is 0.322 e. The van der Waals surface area contributed by atoms with Gasteiger partial charge in [-0.3, -0.25) is 4.90 Å². The van der Waals surface area contributed by atoms with Crippen molar-refractivity contribution in [2.24, 2.45) is 4.99 Å². The highest BCUT2D eigenvalue weighted by Crippen LogP contribution is 2.22. The highest BCUT2D eigenvalue weighted by atomic mass is 16.2. The zero-order valence-corrected chi connectivity index (χ0v) is 8.64. The highest BCUT2D eigenvalue weighted by Gasteiger charge is 2.22. The Morgan fingerprint density at radius 2 is 2.25 bits per heavy atom. The molecule has 1 N–H and O–H groups in total. The molecule has 5 nitrogen and oxygen atoms in total. The van der Waals surface area contributed by atoms with Crippen LogP contribution in [-0.4, -0.2) is 25.2 Å². The van der Waals surface area contributed by atoms with Crippen molar-refractivity contribution >= 4 is 17.8 Å². The molecule has 0 aliphatic carbocycles. The van der Waals surface area contributed by atoms with Crippen LogP contribution in [0.15, 0.2) is 29.3 Å². The number of carbonyl (C=O) groups is 1. The van der Waals surface area contributed by atoms with Crippen LogP contribution in [0.5, 0.6) is 0 Å². The summed E-state index contributed by atoms with van der Waals surface area (Å²) in [6.07, 6.45) is 1.50. The summed E-state index contributed by atoms with van der Waals surface area (Å²) in [5, 5.41) is 2.73. The number of benzene rings is 1. The van der Waals surface area contributed by atoms with Gasteiger partial charge in [0.1, 0.15) is 0 Å². The summed E-state index contributed by atoms with van der Waals surface area (Å²) in [5.41, 5.74) is 1.65. The molecule has 82 valence electrons. The molecule has 0 bridgehead atoms. The zero-order valence-electron chi connectivity index (χ0n) is 8.64. The van der Waals surface area contributed by atoms with Gasteiger partial charge in [-0.1, -0.05) is 18.2 Å². The van der Waals surface area contributed by atoms with Gasteiger partial charge in [-0.25, -0.2) is 14.6 Å². The van der Waals surface area contributed by atoms with E-state index in [0.29, 0.717) is 13.1 Å². The summed E-state index contributed by atoms with van der Waals surface area (Å²) < 4.78 is 0. The van der Waals surface area contributed by atoms with Gasteiger partial charge in [-0.05, 0) is 11.6 Å². The van der Waals surface area contributed by atoms with Crippen molar-refractivity contribution in [1.29, 1.82) is 0 Å². The Labute approximate surface area is 92.8 Å². The van der Waals surface area contributed by atoms with E-state index in [1.54, 1.807) is 4.90 Å². The number of nitrogens with one attached hydrogen (secondary N) is 1. The molecule has 2 rings (SSSR count). The maximum atomic E-state index is 11.5. The zero-order chi connectivity index (χ0) is 11.4. The number of carbonyl (C=O) groups excluding carboxylic acids is 2. The van der Waals surface area contributed by atoms with Crippen LogP contribution in [0.25, 0.3) is 0 Å². The molecule has 1 aromatic rings. The van der Waals surface area contributed by atoms with Crippen molar-refractivity contribution in [3.8, 4) is 0 Å². The summed E-state index contributed by atoms with van der Waals surface area (Å²) in [4.78, 5) is 26.8. The first-order chi connectivity index (χ1) is 7.83. The molecule has 1 aromatic carbocycles. The van der Waals surface area contributed by atoms with Gasteiger partial charge in [0.05, 0.1) is 12.2 Å². The maximum Gasteiger partial charge on any atom is 0.322 e. The molecule has 0 saturated carbocycles. The second-order valence-electron chi connectivity index (χ2n) is 3.42. The third kappa shape index (κ3) is 1.94. The Morgan fingerprint density at radius 3 is 2.94 bits per heavy atom. The average molecular weight is 217 g/mol. The van der Waals surface area contributed by atoms with Gasteiger partial charge in [0.2, 0.25) is 6.08 Å². The van der Waals surface area contributed by atoms with Gasteiger partial charge < -0.3 is 5.32 Å². The van der Waals surface area contributed by atoms with E-state index >= 15 is 0 Å². The van der Waals surface area contributed by atoms with Gasteiger partial charge in [0, 0.05) is 13.1 Å². The van der Waals surface area contributed by atoms with Crippen molar-refractivity contribution in [3.05, 3.63) is 29.8 Å². The lowest BCUT2D eigenvalue weighted by molar-refractivity contribution is 0.252. The van der Waals surface area contributed by atoms with Crippen LogP contribution >= 0.6 is 0 Å². The van der Waals surface area contributed by atoms with Crippen LogP contribution in [0, 0.1) is 0 Å². The molecule has 1 aliphatic rings. The van der Waals surface area contributed by atoms with E-state index in [2.05, 4.69) is 10.3 Å².